The molecule has 0 spiro atoms. The number of halogens is 3. The van der Waals surface area contributed by atoms with Crippen molar-refractivity contribution >= 4 is 16.5 Å². The third-order valence-electron chi connectivity index (χ3n) is 3.31. The van der Waals surface area contributed by atoms with E-state index in [1.807, 2.05) is 0 Å². The number of ether oxygens (including phenoxy) is 1. The highest BCUT2D eigenvalue weighted by molar-refractivity contribution is 7.85. The average molecular weight is 307 g/mol. The van der Waals surface area contributed by atoms with E-state index in [-0.39, 0.29) is 16.5 Å². The maximum Gasteiger partial charge on any atom is 0.416 e. The van der Waals surface area contributed by atoms with E-state index in [1.54, 1.807) is 0 Å². The van der Waals surface area contributed by atoms with Crippen molar-refractivity contribution in [1.82, 2.24) is 0 Å². The van der Waals surface area contributed by atoms with Crippen LogP contribution in [0, 0.1) is 5.92 Å². The Morgan fingerprint density at radius 1 is 1.30 bits per heavy atom. The third kappa shape index (κ3) is 3.73. The van der Waals surface area contributed by atoms with Gasteiger partial charge < -0.3 is 10.5 Å². The summed E-state index contributed by atoms with van der Waals surface area (Å²) in [6.45, 7) is 1.29. The number of hydrogen-bond acceptors (Lipinski definition) is 3. The maximum absolute atomic E-state index is 12.5. The molecule has 0 amide bonds. The van der Waals surface area contributed by atoms with E-state index >= 15 is 0 Å². The van der Waals surface area contributed by atoms with E-state index in [0.29, 0.717) is 19.0 Å². The standard InChI is InChI=1S/C13H16F3NO2S/c14-13(15,16)10-1-2-12(11(17)7-10)20(18)8-9-3-5-19-6-4-9/h1-2,7,9H,3-6,8,17H2. The van der Waals surface area contributed by atoms with E-state index in [1.165, 1.54) is 6.07 Å². The Bertz CT molecular complexity index is 499. The van der Waals surface area contributed by atoms with Gasteiger partial charge in [-0.3, -0.25) is 4.21 Å². The number of benzene rings is 1. The minimum Gasteiger partial charge on any atom is -0.398 e. The predicted molar refractivity (Wildman–Crippen MR) is 70.7 cm³/mol. The molecule has 1 aromatic rings. The largest absolute Gasteiger partial charge is 0.416 e. The number of nitrogen functional groups attached to an aromatic ring is 1. The molecule has 7 heteroatoms. The van der Waals surface area contributed by atoms with Crippen molar-refractivity contribution in [3.63, 3.8) is 0 Å². The number of hydrogen-bond donors (Lipinski definition) is 1. The summed E-state index contributed by atoms with van der Waals surface area (Å²) in [5, 5.41) is 0. The highest BCUT2D eigenvalue weighted by atomic mass is 32.2. The average Bonchev–Trinajstić information content (AvgIpc) is 2.38. The van der Waals surface area contributed by atoms with Crippen LogP contribution in [0.1, 0.15) is 18.4 Å². The number of rotatable bonds is 3. The first-order chi connectivity index (χ1) is 9.38. The molecule has 1 aliphatic rings. The zero-order valence-corrected chi connectivity index (χ0v) is 11.6. The molecule has 0 aromatic heterocycles. The molecule has 1 unspecified atom stereocenters. The second-order valence-electron chi connectivity index (χ2n) is 4.82. The van der Waals surface area contributed by atoms with Crippen LogP contribution in [0.3, 0.4) is 0 Å². The van der Waals surface area contributed by atoms with Crippen LogP contribution in [0.2, 0.25) is 0 Å². The zero-order valence-electron chi connectivity index (χ0n) is 10.8. The van der Waals surface area contributed by atoms with E-state index in [9.17, 15) is 17.4 Å². The molecule has 0 saturated carbocycles. The molecular weight excluding hydrogens is 291 g/mol. The van der Waals surface area contributed by atoms with Gasteiger partial charge in [0.25, 0.3) is 0 Å². The molecule has 1 fully saturated rings. The maximum atomic E-state index is 12.5. The van der Waals surface area contributed by atoms with Crippen molar-refractivity contribution in [3.8, 4) is 0 Å². The molecule has 112 valence electrons. The van der Waals surface area contributed by atoms with Crippen molar-refractivity contribution < 1.29 is 22.1 Å². The third-order valence-corrected chi connectivity index (χ3v) is 4.95. The van der Waals surface area contributed by atoms with Gasteiger partial charge in [-0.15, -0.1) is 0 Å². The second kappa shape index (κ2) is 6.13. The Kier molecular flexibility index (Phi) is 4.70. The van der Waals surface area contributed by atoms with Gasteiger partial charge >= 0.3 is 6.18 Å². The lowest BCUT2D eigenvalue weighted by atomic mass is 10.0. The summed E-state index contributed by atoms with van der Waals surface area (Å²) in [4.78, 5) is 0.282. The highest BCUT2D eigenvalue weighted by Gasteiger charge is 2.31. The molecule has 1 aliphatic heterocycles. The molecule has 0 radical (unpaired) electrons. The Morgan fingerprint density at radius 3 is 2.50 bits per heavy atom. The SMILES string of the molecule is Nc1cc(C(F)(F)F)ccc1S(=O)CC1CCOCC1. The summed E-state index contributed by atoms with van der Waals surface area (Å²) in [7, 11) is -1.38. The Morgan fingerprint density at radius 2 is 1.95 bits per heavy atom. The molecule has 2 N–H and O–H groups in total. The van der Waals surface area contributed by atoms with Crippen molar-refractivity contribution in [3.05, 3.63) is 23.8 Å². The van der Waals surface area contributed by atoms with Gasteiger partial charge in [-0.1, -0.05) is 0 Å². The first-order valence-electron chi connectivity index (χ1n) is 6.31. The quantitative estimate of drug-likeness (QED) is 0.874. The normalized spacial score (nSPS) is 18.9. The van der Waals surface area contributed by atoms with Gasteiger partial charge in [0.05, 0.1) is 21.3 Å². The Hall–Kier alpha value is -1.08. The topological polar surface area (TPSA) is 52.3 Å². The van der Waals surface area contributed by atoms with E-state index in [2.05, 4.69) is 0 Å². The fourth-order valence-electron chi connectivity index (χ4n) is 2.15. The lowest BCUT2D eigenvalue weighted by Crippen LogP contribution is -2.21. The molecule has 0 aliphatic carbocycles. The smallest absolute Gasteiger partial charge is 0.398 e. The molecular formula is C13H16F3NO2S. The van der Waals surface area contributed by atoms with Crippen LogP contribution in [-0.4, -0.2) is 23.2 Å². The van der Waals surface area contributed by atoms with Gasteiger partial charge in [0.2, 0.25) is 0 Å². The number of anilines is 1. The molecule has 1 saturated heterocycles. The summed E-state index contributed by atoms with van der Waals surface area (Å²) in [5.74, 6) is 0.685. The van der Waals surface area contributed by atoms with Gasteiger partial charge in [0, 0.05) is 24.7 Å². The van der Waals surface area contributed by atoms with Crippen LogP contribution in [0.5, 0.6) is 0 Å². The van der Waals surface area contributed by atoms with E-state index in [4.69, 9.17) is 10.5 Å². The minimum absolute atomic E-state index is 0.0646. The first-order valence-corrected chi connectivity index (χ1v) is 7.62. The van der Waals surface area contributed by atoms with E-state index in [0.717, 1.165) is 25.0 Å². The second-order valence-corrected chi connectivity index (χ2v) is 6.28. The van der Waals surface area contributed by atoms with Gasteiger partial charge in [-0.2, -0.15) is 13.2 Å². The Balaban J connectivity index is 2.10. The molecule has 3 nitrogen and oxygen atoms in total. The van der Waals surface area contributed by atoms with Gasteiger partial charge in [0.15, 0.2) is 0 Å². The molecule has 1 aromatic carbocycles. The summed E-state index contributed by atoms with van der Waals surface area (Å²) in [5.41, 5.74) is 4.72. The minimum atomic E-state index is -4.44. The summed E-state index contributed by atoms with van der Waals surface area (Å²) < 4.78 is 55.0. The summed E-state index contributed by atoms with van der Waals surface area (Å²) >= 11 is 0. The predicted octanol–water partition coefficient (Wildman–Crippen LogP) is 2.82. The fourth-order valence-corrected chi connectivity index (χ4v) is 3.63. The number of nitrogens with two attached hydrogens (primary N) is 1. The highest BCUT2D eigenvalue weighted by Crippen LogP contribution is 2.32. The van der Waals surface area contributed by atoms with Crippen LogP contribution in [0.25, 0.3) is 0 Å². The van der Waals surface area contributed by atoms with Gasteiger partial charge in [0.1, 0.15) is 0 Å². The summed E-state index contributed by atoms with van der Waals surface area (Å²) in [6, 6.07) is 2.98. The van der Waals surface area contributed by atoms with Gasteiger partial charge in [-0.05, 0) is 37.0 Å². The molecule has 2 rings (SSSR count). The fraction of sp³-hybridized carbons (Fsp3) is 0.538. The molecule has 1 atom stereocenters. The lowest BCUT2D eigenvalue weighted by Gasteiger charge is -2.21. The van der Waals surface area contributed by atoms with Gasteiger partial charge in [-0.25, -0.2) is 0 Å². The van der Waals surface area contributed by atoms with E-state index < -0.39 is 22.5 Å². The van der Waals surface area contributed by atoms with Crippen LogP contribution < -0.4 is 5.73 Å². The van der Waals surface area contributed by atoms with Crippen LogP contribution in [-0.2, 0) is 21.7 Å². The van der Waals surface area contributed by atoms with Crippen LogP contribution in [0.4, 0.5) is 18.9 Å². The molecule has 20 heavy (non-hydrogen) atoms. The van der Waals surface area contributed by atoms with Crippen molar-refractivity contribution in [2.45, 2.75) is 23.9 Å². The van der Waals surface area contributed by atoms with Crippen LogP contribution in [0.15, 0.2) is 23.1 Å². The van der Waals surface area contributed by atoms with Crippen LogP contribution >= 0.6 is 0 Å². The monoisotopic (exact) mass is 307 g/mol. The summed E-state index contributed by atoms with van der Waals surface area (Å²) in [6.07, 6.45) is -2.78. The lowest BCUT2D eigenvalue weighted by molar-refractivity contribution is -0.137. The first kappa shape index (κ1) is 15.3. The Labute approximate surface area is 117 Å². The zero-order chi connectivity index (χ0) is 14.8. The molecule has 1 heterocycles. The van der Waals surface area contributed by atoms with Crippen molar-refractivity contribution in [1.29, 1.82) is 0 Å². The number of alkyl halides is 3. The molecule has 0 bridgehead atoms. The van der Waals surface area contributed by atoms with Crippen molar-refractivity contribution in [2.75, 3.05) is 24.7 Å². The van der Waals surface area contributed by atoms with Crippen molar-refractivity contribution in [2.24, 2.45) is 5.92 Å².